The Balaban J connectivity index is 0.00000196. The molecule has 15 heavy (non-hydrogen) atoms. The summed E-state index contributed by atoms with van der Waals surface area (Å²) in [5.41, 5.74) is -1.15. The van der Waals surface area contributed by atoms with Gasteiger partial charge in [0.05, 0.1) is 5.69 Å². The summed E-state index contributed by atoms with van der Waals surface area (Å²) in [5.74, 6) is 0. The molecular weight excluding hydrogens is 231 g/mol. The fourth-order valence-electron chi connectivity index (χ4n) is 1.29. The molecule has 80 valence electrons. The molecule has 0 amide bonds. The maximum absolute atomic E-state index is 10.6. The van der Waals surface area contributed by atoms with Gasteiger partial charge in [-0.2, -0.15) is 5.10 Å². The van der Waals surface area contributed by atoms with Crippen LogP contribution >= 0.6 is 0 Å². The van der Waals surface area contributed by atoms with Crippen molar-refractivity contribution in [1.29, 1.82) is 0 Å². The molecule has 0 bridgehead atoms. The Labute approximate surface area is 110 Å². The Morgan fingerprint density at radius 3 is 2.20 bits per heavy atom. The first kappa shape index (κ1) is 15.1. The fraction of sp³-hybridized carbons (Fsp3) is 0.571. The zero-order chi connectivity index (χ0) is 11.1. The summed E-state index contributed by atoms with van der Waals surface area (Å²) >= 11 is 0. The van der Waals surface area contributed by atoms with Crippen molar-refractivity contribution in [2.75, 3.05) is 0 Å². The van der Waals surface area contributed by atoms with E-state index in [-0.39, 0.29) is 35.1 Å². The molecule has 0 saturated carbocycles. The minimum absolute atomic E-state index is 0. The van der Waals surface area contributed by atoms with Gasteiger partial charge in [-0.15, -0.1) is 0 Å². The van der Waals surface area contributed by atoms with Gasteiger partial charge in [-0.3, -0.25) is 4.68 Å². The van der Waals surface area contributed by atoms with Crippen molar-refractivity contribution in [2.45, 2.75) is 19.3 Å². The second-order valence-corrected chi connectivity index (χ2v) is 4.49. The first-order chi connectivity index (χ1) is 6.25. The van der Waals surface area contributed by atoms with Crippen LogP contribution in [0.25, 0.3) is 0 Å². The summed E-state index contributed by atoms with van der Waals surface area (Å²) in [6.45, 7) is 3.13. The van der Waals surface area contributed by atoms with Crippen LogP contribution in [0.15, 0.2) is 0 Å². The van der Waals surface area contributed by atoms with E-state index in [1.165, 1.54) is 11.6 Å². The maximum Gasteiger partial charge on any atom is 1.00 e. The third-order valence-corrected chi connectivity index (χ3v) is 2.87. The van der Waals surface area contributed by atoms with Gasteiger partial charge >= 0.3 is 29.6 Å². The summed E-state index contributed by atoms with van der Waals surface area (Å²) in [6, 6.07) is 0. The largest absolute Gasteiger partial charge is 1.00 e. The summed E-state index contributed by atoms with van der Waals surface area (Å²) in [5, 5.41) is 13.2. The van der Waals surface area contributed by atoms with E-state index >= 15 is 0 Å². The molecule has 0 aromatic carbocycles. The van der Waals surface area contributed by atoms with E-state index in [1.54, 1.807) is 14.0 Å². The van der Waals surface area contributed by atoms with Crippen molar-refractivity contribution in [3.05, 3.63) is 17.0 Å². The van der Waals surface area contributed by atoms with Gasteiger partial charge in [0, 0.05) is 18.3 Å². The van der Waals surface area contributed by atoms with Gasteiger partial charge in [-0.25, -0.2) is 8.42 Å². The van der Waals surface area contributed by atoms with Gasteiger partial charge in [-0.05, 0) is 13.8 Å². The first-order valence-corrected chi connectivity index (χ1v) is 5.35. The third kappa shape index (κ3) is 3.02. The van der Waals surface area contributed by atoms with E-state index in [4.69, 9.17) is 0 Å². The summed E-state index contributed by atoms with van der Waals surface area (Å²) in [7, 11) is -3.13. The van der Waals surface area contributed by atoms with Crippen LogP contribution in [-0.4, -0.2) is 27.9 Å². The third-order valence-electron chi connectivity index (χ3n) is 2.09. The molecule has 0 spiro atoms. The van der Waals surface area contributed by atoms with Crippen LogP contribution in [0.3, 0.4) is 0 Å². The van der Waals surface area contributed by atoms with Gasteiger partial charge in [0.15, 0.2) is 5.44 Å². The molecule has 0 saturated heterocycles. The zero-order valence-electron chi connectivity index (χ0n) is 9.05. The van der Waals surface area contributed by atoms with Crippen LogP contribution in [0.4, 0.5) is 0 Å². The van der Waals surface area contributed by atoms with Crippen molar-refractivity contribution in [3.8, 4) is 0 Å². The van der Waals surface area contributed by atoms with Crippen LogP contribution < -0.4 is 29.6 Å². The molecule has 1 heterocycles. The number of rotatable bonds is 2. The van der Waals surface area contributed by atoms with Gasteiger partial charge in [0.2, 0.25) is 0 Å². The number of aliphatic hydroxyl groups is 1. The standard InChI is InChI=1S/C7H12N2O4S.Na/c1-4-6(5(2)9(3)8-4)7(10)14(11,12)13;/h7,10H,1-3H3,(H,11,12,13);/q;+1/p-1. The van der Waals surface area contributed by atoms with Crippen LogP contribution in [0, 0.1) is 13.8 Å². The molecule has 8 heteroatoms. The quantitative estimate of drug-likeness (QED) is 0.430. The van der Waals surface area contributed by atoms with Crippen molar-refractivity contribution in [3.63, 3.8) is 0 Å². The van der Waals surface area contributed by atoms with E-state index < -0.39 is 15.6 Å². The average Bonchev–Trinajstić information content (AvgIpc) is 2.24. The number of aromatic nitrogens is 2. The molecule has 1 unspecified atom stereocenters. The Bertz CT molecular complexity index is 454. The number of hydrogen-bond acceptors (Lipinski definition) is 5. The van der Waals surface area contributed by atoms with E-state index in [1.807, 2.05) is 0 Å². The summed E-state index contributed by atoms with van der Waals surface area (Å²) < 4.78 is 33.2. The van der Waals surface area contributed by atoms with Crippen molar-refractivity contribution >= 4 is 10.1 Å². The predicted octanol–water partition coefficient (Wildman–Crippen LogP) is -3.42. The molecule has 1 N–H and O–H groups in total. The Morgan fingerprint density at radius 2 is 1.93 bits per heavy atom. The summed E-state index contributed by atoms with van der Waals surface area (Å²) in [4.78, 5) is 0. The molecule has 1 rings (SSSR count). The van der Waals surface area contributed by atoms with Crippen LogP contribution in [0.1, 0.15) is 22.4 Å². The topological polar surface area (TPSA) is 95.2 Å². The Kier molecular flexibility index (Phi) is 4.97. The maximum atomic E-state index is 10.6. The molecular formula is C7H11N2NaO4S. The number of hydrogen-bond donors (Lipinski definition) is 1. The molecule has 1 atom stereocenters. The molecule has 0 aliphatic carbocycles. The van der Waals surface area contributed by atoms with Crippen LogP contribution in [0.5, 0.6) is 0 Å². The smallest absolute Gasteiger partial charge is 0.746 e. The van der Waals surface area contributed by atoms with Gasteiger partial charge in [-0.1, -0.05) is 0 Å². The van der Waals surface area contributed by atoms with E-state index in [2.05, 4.69) is 5.10 Å². The molecule has 0 aliphatic heterocycles. The molecule has 0 aliphatic rings. The van der Waals surface area contributed by atoms with Crippen molar-refractivity contribution in [2.24, 2.45) is 7.05 Å². The molecule has 1 aromatic rings. The Morgan fingerprint density at radius 1 is 1.47 bits per heavy atom. The number of nitrogens with zero attached hydrogens (tertiary/aromatic N) is 2. The van der Waals surface area contributed by atoms with Crippen LogP contribution in [0.2, 0.25) is 0 Å². The monoisotopic (exact) mass is 242 g/mol. The number of aliphatic hydroxyl groups excluding tert-OH is 1. The molecule has 6 nitrogen and oxygen atoms in total. The predicted molar refractivity (Wildman–Crippen MR) is 47.3 cm³/mol. The minimum Gasteiger partial charge on any atom is -0.746 e. The van der Waals surface area contributed by atoms with Crippen molar-refractivity contribution < 1.29 is 47.6 Å². The second kappa shape index (κ2) is 4.94. The second-order valence-electron chi connectivity index (χ2n) is 3.05. The average molecular weight is 242 g/mol. The van der Waals surface area contributed by atoms with E-state index in [9.17, 15) is 18.1 Å². The van der Waals surface area contributed by atoms with Gasteiger partial charge in [0.25, 0.3) is 0 Å². The first-order valence-electron chi connectivity index (χ1n) is 3.88. The minimum atomic E-state index is -4.74. The molecule has 0 radical (unpaired) electrons. The van der Waals surface area contributed by atoms with E-state index in [0.29, 0.717) is 11.4 Å². The summed E-state index contributed by atoms with van der Waals surface area (Å²) in [6.07, 6.45) is 0. The number of aryl methyl sites for hydroxylation is 2. The van der Waals surface area contributed by atoms with Gasteiger partial charge < -0.3 is 9.66 Å². The van der Waals surface area contributed by atoms with Gasteiger partial charge in [0.1, 0.15) is 10.1 Å². The van der Waals surface area contributed by atoms with Crippen molar-refractivity contribution in [1.82, 2.24) is 9.78 Å². The fourth-order valence-corrected chi connectivity index (χ4v) is 1.92. The normalized spacial score (nSPS) is 13.4. The molecule has 1 aromatic heterocycles. The Hall–Kier alpha value is 0.0800. The van der Waals surface area contributed by atoms with Crippen LogP contribution in [-0.2, 0) is 17.2 Å². The SMILES string of the molecule is Cc1nn(C)c(C)c1C(O)S(=O)(=O)[O-].[Na+]. The van der Waals surface area contributed by atoms with E-state index in [0.717, 1.165) is 0 Å². The zero-order valence-corrected chi connectivity index (χ0v) is 11.9. The molecule has 0 fully saturated rings.